The van der Waals surface area contributed by atoms with Crippen molar-refractivity contribution in [2.24, 2.45) is 5.92 Å². The average molecular weight is 327 g/mol. The zero-order chi connectivity index (χ0) is 10.3. The van der Waals surface area contributed by atoms with Crippen molar-refractivity contribution in [2.45, 2.75) is 28.5 Å². The highest BCUT2D eigenvalue weighted by Gasteiger charge is 2.47. The van der Waals surface area contributed by atoms with Crippen LogP contribution in [0.5, 0.6) is 0 Å². The number of hydrogen-bond acceptors (Lipinski definition) is 2. The molecule has 2 aliphatic rings. The second kappa shape index (κ2) is 4.00. The summed E-state index contributed by atoms with van der Waals surface area (Å²) in [7, 11) is 1.44. The van der Waals surface area contributed by atoms with Gasteiger partial charge in [-0.1, -0.05) is 31.9 Å². The van der Waals surface area contributed by atoms with Crippen molar-refractivity contribution < 1.29 is 9.53 Å². The van der Waals surface area contributed by atoms with E-state index in [2.05, 4.69) is 31.9 Å². The lowest BCUT2D eigenvalue weighted by Crippen LogP contribution is -2.62. The molecule has 1 amide bonds. The lowest BCUT2D eigenvalue weighted by atomic mass is 9.77. The van der Waals surface area contributed by atoms with Crippen LogP contribution in [-0.4, -0.2) is 40.3 Å². The molecule has 0 radical (unpaired) electrons. The van der Waals surface area contributed by atoms with Gasteiger partial charge in [-0.3, -0.25) is 0 Å². The molecule has 0 aromatic heterocycles. The summed E-state index contributed by atoms with van der Waals surface area (Å²) < 4.78 is 4.73. The number of alkyl halides is 2. The molecule has 1 aliphatic carbocycles. The van der Waals surface area contributed by atoms with Crippen LogP contribution in [0.4, 0.5) is 4.79 Å². The first-order valence-corrected chi connectivity index (χ1v) is 6.59. The number of rotatable bonds is 0. The van der Waals surface area contributed by atoms with Crippen molar-refractivity contribution in [3.63, 3.8) is 0 Å². The van der Waals surface area contributed by atoms with Crippen molar-refractivity contribution in [2.75, 3.05) is 13.7 Å². The third kappa shape index (κ3) is 1.69. The van der Waals surface area contributed by atoms with Crippen LogP contribution >= 0.6 is 31.9 Å². The molecule has 0 aromatic rings. The Morgan fingerprint density at radius 2 is 2.00 bits per heavy atom. The van der Waals surface area contributed by atoms with E-state index in [0.717, 1.165) is 19.4 Å². The summed E-state index contributed by atoms with van der Waals surface area (Å²) in [6.07, 6.45) is 1.99. The lowest BCUT2D eigenvalue weighted by Gasteiger charge is -2.52. The molecule has 0 bridgehead atoms. The maximum atomic E-state index is 11.3. The van der Waals surface area contributed by atoms with E-state index in [1.54, 1.807) is 0 Å². The normalized spacial score (nSPS) is 41.2. The smallest absolute Gasteiger partial charge is 0.409 e. The second-order valence-electron chi connectivity index (χ2n) is 3.95. The van der Waals surface area contributed by atoms with Crippen molar-refractivity contribution in [1.29, 1.82) is 0 Å². The minimum absolute atomic E-state index is 0.182. The third-order valence-corrected chi connectivity index (χ3v) is 5.91. The van der Waals surface area contributed by atoms with Gasteiger partial charge < -0.3 is 9.64 Å². The predicted octanol–water partition coefficient (Wildman–Crippen LogP) is 2.37. The first-order chi connectivity index (χ1) is 6.63. The quantitative estimate of drug-likeness (QED) is 0.640. The number of amides is 1. The molecule has 0 aromatic carbocycles. The Bertz CT molecular complexity index is 249. The Morgan fingerprint density at radius 3 is 2.64 bits per heavy atom. The van der Waals surface area contributed by atoms with Crippen molar-refractivity contribution in [3.05, 3.63) is 0 Å². The number of methoxy groups -OCH3 is 1. The summed E-state index contributed by atoms with van der Waals surface area (Å²) in [5, 5.41) is 0. The van der Waals surface area contributed by atoms with Gasteiger partial charge in [-0.25, -0.2) is 4.79 Å². The van der Waals surface area contributed by atoms with Gasteiger partial charge in [0, 0.05) is 22.2 Å². The van der Waals surface area contributed by atoms with Crippen LogP contribution in [-0.2, 0) is 4.74 Å². The van der Waals surface area contributed by atoms with Gasteiger partial charge in [-0.05, 0) is 18.8 Å². The molecule has 4 atom stereocenters. The van der Waals surface area contributed by atoms with Gasteiger partial charge in [0.15, 0.2) is 0 Å². The second-order valence-corrected chi connectivity index (χ2v) is 6.31. The van der Waals surface area contributed by atoms with Gasteiger partial charge in [-0.2, -0.15) is 0 Å². The molecule has 1 saturated carbocycles. The van der Waals surface area contributed by atoms with E-state index in [-0.39, 0.29) is 6.09 Å². The molecule has 5 heteroatoms. The molecule has 0 unspecified atom stereocenters. The molecule has 1 heterocycles. The largest absolute Gasteiger partial charge is 0.453 e. The van der Waals surface area contributed by atoms with Crippen LogP contribution in [0.1, 0.15) is 12.8 Å². The monoisotopic (exact) mass is 325 g/mol. The van der Waals surface area contributed by atoms with Gasteiger partial charge in [-0.15, -0.1) is 0 Å². The van der Waals surface area contributed by atoms with E-state index in [4.69, 9.17) is 4.74 Å². The molecule has 3 nitrogen and oxygen atoms in total. The van der Waals surface area contributed by atoms with Gasteiger partial charge in [0.1, 0.15) is 0 Å². The molecule has 0 spiro atoms. The zero-order valence-corrected chi connectivity index (χ0v) is 11.1. The van der Waals surface area contributed by atoms with Crippen molar-refractivity contribution in [1.82, 2.24) is 4.90 Å². The van der Waals surface area contributed by atoms with E-state index >= 15 is 0 Å². The van der Waals surface area contributed by atoms with E-state index < -0.39 is 0 Å². The maximum absolute atomic E-state index is 11.3. The van der Waals surface area contributed by atoms with Gasteiger partial charge in [0.05, 0.1) is 7.11 Å². The molecule has 2 rings (SSSR count). The highest BCUT2D eigenvalue weighted by Crippen LogP contribution is 2.42. The molecule has 2 fully saturated rings. The first kappa shape index (κ1) is 10.7. The lowest BCUT2D eigenvalue weighted by molar-refractivity contribution is -0.00401. The van der Waals surface area contributed by atoms with E-state index in [1.165, 1.54) is 7.11 Å². The fourth-order valence-corrected chi connectivity index (χ4v) is 3.61. The summed E-state index contributed by atoms with van der Waals surface area (Å²) in [5.74, 6) is 0.660. The van der Waals surface area contributed by atoms with E-state index in [0.29, 0.717) is 21.6 Å². The number of ether oxygens (including phenoxy) is 1. The standard InChI is InChI=1S/C9H13Br2NO2/c1-14-9(13)12-4-5-2-6(10)7(11)3-8(5)12/h5-8H,2-4H2,1H3/t5-,6-,7+,8+/m1/s1. The van der Waals surface area contributed by atoms with Crippen LogP contribution < -0.4 is 0 Å². The number of halogens is 2. The summed E-state index contributed by atoms with van der Waals surface area (Å²) >= 11 is 7.28. The maximum Gasteiger partial charge on any atom is 0.409 e. The van der Waals surface area contributed by atoms with E-state index in [1.807, 2.05) is 4.90 Å². The summed E-state index contributed by atoms with van der Waals surface area (Å²) in [6.45, 7) is 0.860. The number of hydrogen-bond donors (Lipinski definition) is 0. The first-order valence-electron chi connectivity index (χ1n) is 4.76. The van der Waals surface area contributed by atoms with E-state index in [9.17, 15) is 4.79 Å². The highest BCUT2D eigenvalue weighted by atomic mass is 79.9. The number of nitrogens with zero attached hydrogens (tertiary/aromatic N) is 1. The average Bonchev–Trinajstić information content (AvgIpc) is 2.16. The molecule has 1 saturated heterocycles. The van der Waals surface area contributed by atoms with Crippen molar-refractivity contribution in [3.8, 4) is 0 Å². The highest BCUT2D eigenvalue weighted by molar-refractivity contribution is 9.12. The fraction of sp³-hybridized carbons (Fsp3) is 0.889. The molecular formula is C9H13Br2NO2. The third-order valence-electron chi connectivity index (χ3n) is 3.17. The summed E-state index contributed by atoms with van der Waals surface area (Å²) in [5.41, 5.74) is 0. The molecule has 14 heavy (non-hydrogen) atoms. The number of carbonyl (C=O) groups excluding carboxylic acids is 1. The van der Waals surface area contributed by atoms with Crippen molar-refractivity contribution >= 4 is 38.0 Å². The fourth-order valence-electron chi connectivity index (χ4n) is 2.32. The summed E-state index contributed by atoms with van der Waals surface area (Å²) in [4.78, 5) is 14.2. The molecule has 1 aliphatic heterocycles. The van der Waals surface area contributed by atoms with Gasteiger partial charge in [0.25, 0.3) is 0 Å². The Morgan fingerprint density at radius 1 is 1.36 bits per heavy atom. The van der Waals surface area contributed by atoms with Crippen LogP contribution in [0.3, 0.4) is 0 Å². The topological polar surface area (TPSA) is 29.5 Å². The summed E-state index contributed by atoms with van der Waals surface area (Å²) in [6, 6.07) is 0.389. The Kier molecular flexibility index (Phi) is 3.07. The van der Waals surface area contributed by atoms with Crippen LogP contribution in [0.2, 0.25) is 0 Å². The minimum Gasteiger partial charge on any atom is -0.453 e. The number of likely N-dealkylation sites (tertiary alicyclic amines) is 1. The Balaban J connectivity index is 1.96. The number of carbonyl (C=O) groups is 1. The zero-order valence-electron chi connectivity index (χ0n) is 7.95. The minimum atomic E-state index is -0.182. The van der Waals surface area contributed by atoms with Gasteiger partial charge >= 0.3 is 6.09 Å². The molecular weight excluding hydrogens is 314 g/mol. The molecule has 80 valence electrons. The van der Waals surface area contributed by atoms with Crippen LogP contribution in [0.25, 0.3) is 0 Å². The Hall–Kier alpha value is 0.230. The van der Waals surface area contributed by atoms with Gasteiger partial charge in [0.2, 0.25) is 0 Å². The SMILES string of the molecule is COC(=O)N1C[C@H]2C[C@@H](Br)[C@@H](Br)C[C@@H]21. The Labute approximate surface area is 100 Å². The predicted molar refractivity (Wildman–Crippen MR) is 61.1 cm³/mol. The number of fused-ring (bicyclic) bond motifs is 1. The molecule has 0 N–H and O–H groups in total. The van der Waals surface area contributed by atoms with Crippen LogP contribution in [0, 0.1) is 5.92 Å². The van der Waals surface area contributed by atoms with Crippen LogP contribution in [0.15, 0.2) is 0 Å².